The smallest absolute Gasteiger partial charge is 0.262 e. The number of rotatable bonds is 4. The minimum Gasteiger partial charge on any atom is -0.476 e. The summed E-state index contributed by atoms with van der Waals surface area (Å²) in [6.45, 7) is 2.17. The Bertz CT molecular complexity index is 898. The fraction of sp³-hybridized carbons (Fsp3) is 0.455. The summed E-state index contributed by atoms with van der Waals surface area (Å²) in [7, 11) is 0. The molecular formula is C22H24BrN3O2. The van der Waals surface area contributed by atoms with Crippen molar-refractivity contribution in [1.82, 2.24) is 9.88 Å². The van der Waals surface area contributed by atoms with Crippen LogP contribution in [0.15, 0.2) is 47.2 Å². The summed E-state index contributed by atoms with van der Waals surface area (Å²) in [6.07, 6.45) is 7.36. The van der Waals surface area contributed by atoms with Gasteiger partial charge in [0, 0.05) is 35.2 Å². The van der Waals surface area contributed by atoms with Gasteiger partial charge in [0.1, 0.15) is 5.75 Å². The van der Waals surface area contributed by atoms with Crippen LogP contribution in [0, 0.1) is 11.8 Å². The van der Waals surface area contributed by atoms with Gasteiger partial charge in [-0.1, -0.05) is 28.1 Å². The molecule has 146 valence electrons. The highest BCUT2D eigenvalue weighted by atomic mass is 79.9. The van der Waals surface area contributed by atoms with Crippen molar-refractivity contribution in [3.63, 3.8) is 0 Å². The second-order valence-electron chi connectivity index (χ2n) is 8.32. The minimum absolute atomic E-state index is 0.0823. The van der Waals surface area contributed by atoms with Crippen molar-refractivity contribution in [3.8, 4) is 5.75 Å². The van der Waals surface area contributed by atoms with Gasteiger partial charge in [-0.05, 0) is 67.6 Å². The van der Waals surface area contributed by atoms with Crippen LogP contribution in [-0.4, -0.2) is 40.5 Å². The maximum atomic E-state index is 12.9. The number of carbonyl (C=O) groups is 1. The Morgan fingerprint density at radius 2 is 2.14 bits per heavy atom. The number of hydrogen-bond acceptors (Lipinski definition) is 4. The number of amides is 1. The van der Waals surface area contributed by atoms with E-state index in [2.05, 4.69) is 31.9 Å². The maximum Gasteiger partial charge on any atom is 0.262 e. The fourth-order valence-electron chi connectivity index (χ4n) is 5.63. The van der Waals surface area contributed by atoms with Crippen molar-refractivity contribution in [2.75, 3.05) is 13.1 Å². The van der Waals surface area contributed by atoms with Crippen molar-refractivity contribution >= 4 is 21.8 Å². The third kappa shape index (κ3) is 2.85. The van der Waals surface area contributed by atoms with Gasteiger partial charge in [-0.3, -0.25) is 14.7 Å². The van der Waals surface area contributed by atoms with Crippen LogP contribution in [0.5, 0.6) is 5.75 Å². The van der Waals surface area contributed by atoms with Gasteiger partial charge < -0.3 is 10.5 Å². The van der Waals surface area contributed by atoms with Gasteiger partial charge in [0.25, 0.3) is 5.91 Å². The summed E-state index contributed by atoms with van der Waals surface area (Å²) in [5.74, 6) is 0.982. The lowest BCUT2D eigenvalue weighted by atomic mass is 9.63. The Morgan fingerprint density at radius 1 is 1.32 bits per heavy atom. The van der Waals surface area contributed by atoms with E-state index in [4.69, 9.17) is 10.5 Å². The zero-order valence-electron chi connectivity index (χ0n) is 15.7. The molecule has 0 radical (unpaired) electrons. The van der Waals surface area contributed by atoms with Gasteiger partial charge in [0.15, 0.2) is 5.60 Å². The summed E-state index contributed by atoms with van der Waals surface area (Å²) in [4.78, 5) is 19.7. The molecule has 6 heteroatoms. The fourth-order valence-corrected chi connectivity index (χ4v) is 5.97. The van der Waals surface area contributed by atoms with Crippen LogP contribution in [0.4, 0.5) is 0 Å². The highest BCUT2D eigenvalue weighted by Gasteiger charge is 2.59. The van der Waals surface area contributed by atoms with Crippen molar-refractivity contribution in [3.05, 3.63) is 58.3 Å². The number of halogens is 1. The molecule has 2 bridgehead atoms. The number of aromatic nitrogens is 1. The zero-order chi connectivity index (χ0) is 19.3. The number of primary amides is 1. The molecule has 5 nitrogen and oxygen atoms in total. The highest BCUT2D eigenvalue weighted by molar-refractivity contribution is 9.10. The van der Waals surface area contributed by atoms with E-state index in [1.54, 1.807) is 6.20 Å². The molecule has 0 saturated carbocycles. The largest absolute Gasteiger partial charge is 0.476 e. The van der Waals surface area contributed by atoms with Gasteiger partial charge >= 0.3 is 0 Å². The molecule has 5 heterocycles. The van der Waals surface area contributed by atoms with Gasteiger partial charge in [0.05, 0.1) is 0 Å². The molecule has 3 saturated heterocycles. The van der Waals surface area contributed by atoms with E-state index < -0.39 is 5.60 Å². The van der Waals surface area contributed by atoms with Crippen LogP contribution >= 0.6 is 15.9 Å². The molecular weight excluding hydrogens is 418 g/mol. The van der Waals surface area contributed by atoms with E-state index in [9.17, 15) is 4.79 Å². The summed E-state index contributed by atoms with van der Waals surface area (Å²) in [5, 5.41) is 0. The molecule has 3 unspecified atom stereocenters. The minimum atomic E-state index is -0.972. The molecule has 4 aliphatic rings. The maximum absolute atomic E-state index is 12.9. The number of pyridine rings is 1. The standard InChI is InChI=1S/C22H24BrN3O2/c23-17-4-3-16-12-22(21(24)27,28-19(16)11-17)20-15-5-8-26(9-6-15)18(20)10-14-2-1-7-25-13-14/h1-4,7,11,13,15,18,20H,5-6,8-10,12H2,(H2,24,27). The monoisotopic (exact) mass is 441 g/mol. The molecule has 4 aliphatic heterocycles. The number of carbonyl (C=O) groups excluding carboxylic acids is 1. The number of piperidine rings is 3. The lowest BCUT2D eigenvalue weighted by Gasteiger charge is -2.55. The van der Waals surface area contributed by atoms with Crippen molar-refractivity contribution < 1.29 is 9.53 Å². The summed E-state index contributed by atoms with van der Waals surface area (Å²) < 4.78 is 7.40. The van der Waals surface area contributed by atoms with Crippen LogP contribution in [0.25, 0.3) is 0 Å². The van der Waals surface area contributed by atoms with Crippen LogP contribution in [0.1, 0.15) is 24.0 Å². The lowest BCUT2D eigenvalue weighted by Crippen LogP contribution is -2.67. The Hall–Kier alpha value is -1.92. The van der Waals surface area contributed by atoms with Crippen molar-refractivity contribution in [2.45, 2.75) is 37.3 Å². The molecule has 0 spiro atoms. The Kier molecular flexibility index (Phi) is 4.43. The Morgan fingerprint density at radius 3 is 2.86 bits per heavy atom. The number of nitrogens with zero attached hydrogens (tertiary/aromatic N) is 2. The number of nitrogens with two attached hydrogens (primary N) is 1. The van der Waals surface area contributed by atoms with E-state index in [0.29, 0.717) is 12.3 Å². The number of hydrogen-bond donors (Lipinski definition) is 1. The molecule has 6 rings (SSSR count). The van der Waals surface area contributed by atoms with Crippen LogP contribution in [0.2, 0.25) is 0 Å². The van der Waals surface area contributed by atoms with Crippen molar-refractivity contribution in [1.29, 1.82) is 0 Å². The summed E-state index contributed by atoms with van der Waals surface area (Å²) >= 11 is 3.51. The van der Waals surface area contributed by atoms with Crippen LogP contribution in [0.3, 0.4) is 0 Å². The lowest BCUT2D eigenvalue weighted by molar-refractivity contribution is -0.152. The number of benzene rings is 1. The highest BCUT2D eigenvalue weighted by Crippen LogP contribution is 2.50. The van der Waals surface area contributed by atoms with Crippen LogP contribution < -0.4 is 10.5 Å². The normalized spacial score (nSPS) is 33.3. The first-order chi connectivity index (χ1) is 13.6. The molecule has 28 heavy (non-hydrogen) atoms. The molecule has 3 fully saturated rings. The van der Waals surface area contributed by atoms with Gasteiger partial charge in [-0.25, -0.2) is 0 Å². The molecule has 1 aromatic heterocycles. The predicted molar refractivity (Wildman–Crippen MR) is 110 cm³/mol. The van der Waals surface area contributed by atoms with E-state index in [-0.39, 0.29) is 17.9 Å². The Balaban J connectivity index is 1.54. The second kappa shape index (κ2) is 6.85. The number of fused-ring (bicyclic) bond motifs is 4. The SMILES string of the molecule is NC(=O)C1(C2C3CCN(CC3)C2Cc2cccnc2)Cc2ccc(Br)cc2O1. The molecule has 2 N–H and O–H groups in total. The molecule has 0 aliphatic carbocycles. The van der Waals surface area contributed by atoms with Gasteiger partial charge in [0.2, 0.25) is 0 Å². The summed E-state index contributed by atoms with van der Waals surface area (Å²) in [6, 6.07) is 10.3. The average Bonchev–Trinajstić information content (AvgIpc) is 3.09. The second-order valence-corrected chi connectivity index (χ2v) is 9.23. The van der Waals surface area contributed by atoms with Gasteiger partial charge in [-0.2, -0.15) is 0 Å². The Labute approximate surface area is 173 Å². The van der Waals surface area contributed by atoms with Crippen LogP contribution in [-0.2, 0) is 17.6 Å². The van der Waals surface area contributed by atoms with E-state index in [0.717, 1.165) is 48.1 Å². The van der Waals surface area contributed by atoms with Crippen molar-refractivity contribution in [2.24, 2.45) is 17.6 Å². The number of ether oxygens (including phenoxy) is 1. The molecule has 3 atom stereocenters. The topological polar surface area (TPSA) is 68.5 Å². The predicted octanol–water partition coefficient (Wildman–Crippen LogP) is 2.96. The first-order valence-corrected chi connectivity index (χ1v) is 10.8. The van der Waals surface area contributed by atoms with Gasteiger partial charge in [-0.15, -0.1) is 0 Å². The molecule has 1 aromatic carbocycles. The molecule has 2 aromatic rings. The first-order valence-electron chi connectivity index (χ1n) is 9.97. The average molecular weight is 442 g/mol. The molecule has 1 amide bonds. The van der Waals surface area contributed by atoms with E-state index in [1.165, 1.54) is 5.56 Å². The zero-order valence-corrected chi connectivity index (χ0v) is 17.3. The van der Waals surface area contributed by atoms with E-state index >= 15 is 0 Å². The quantitative estimate of drug-likeness (QED) is 0.791. The third-order valence-corrected chi connectivity index (χ3v) is 7.36. The first kappa shape index (κ1) is 18.1. The summed E-state index contributed by atoms with van der Waals surface area (Å²) in [5.41, 5.74) is 7.35. The van der Waals surface area contributed by atoms with E-state index in [1.807, 2.05) is 30.5 Å². The third-order valence-electron chi connectivity index (χ3n) is 6.86.